The lowest BCUT2D eigenvalue weighted by Gasteiger charge is -2.36. The predicted molar refractivity (Wildman–Crippen MR) is 76.0 cm³/mol. The molecule has 0 aliphatic rings. The van der Waals surface area contributed by atoms with Gasteiger partial charge < -0.3 is 4.74 Å². The fourth-order valence-electron chi connectivity index (χ4n) is 1.87. The van der Waals surface area contributed by atoms with Crippen molar-refractivity contribution in [2.75, 3.05) is 13.7 Å². The molecule has 1 aromatic heterocycles. The van der Waals surface area contributed by atoms with Gasteiger partial charge in [0, 0.05) is 6.54 Å². The number of nitrogens with zero attached hydrogens (tertiary/aromatic N) is 3. The SMILES string of the molecule is COC(=O)C(C)(C)N(Cc1nnc(C)s1)CC(C)C. The van der Waals surface area contributed by atoms with Crippen LogP contribution >= 0.6 is 11.3 Å². The fourth-order valence-corrected chi connectivity index (χ4v) is 2.60. The van der Waals surface area contributed by atoms with Crippen molar-refractivity contribution in [1.29, 1.82) is 0 Å². The van der Waals surface area contributed by atoms with Gasteiger partial charge in [-0.05, 0) is 26.7 Å². The van der Waals surface area contributed by atoms with Gasteiger partial charge in [0.2, 0.25) is 0 Å². The van der Waals surface area contributed by atoms with Gasteiger partial charge in [0.05, 0.1) is 13.7 Å². The molecule has 0 N–H and O–H groups in total. The van der Waals surface area contributed by atoms with Gasteiger partial charge in [-0.3, -0.25) is 9.69 Å². The van der Waals surface area contributed by atoms with Gasteiger partial charge in [-0.25, -0.2) is 0 Å². The molecule has 0 atom stereocenters. The molecule has 1 rings (SSSR count). The van der Waals surface area contributed by atoms with Gasteiger partial charge in [0.15, 0.2) is 0 Å². The average Bonchev–Trinajstić information content (AvgIpc) is 2.72. The van der Waals surface area contributed by atoms with Crippen molar-refractivity contribution in [1.82, 2.24) is 15.1 Å². The molecule has 0 aliphatic heterocycles. The zero-order chi connectivity index (χ0) is 14.6. The van der Waals surface area contributed by atoms with E-state index in [4.69, 9.17) is 4.74 Å². The lowest BCUT2D eigenvalue weighted by molar-refractivity contribution is -0.154. The van der Waals surface area contributed by atoms with E-state index in [-0.39, 0.29) is 5.97 Å². The minimum absolute atomic E-state index is 0.227. The number of carbonyl (C=O) groups is 1. The lowest BCUT2D eigenvalue weighted by Crippen LogP contribution is -2.51. The molecule has 0 amide bonds. The maximum atomic E-state index is 12.0. The first-order valence-electron chi connectivity index (χ1n) is 6.39. The van der Waals surface area contributed by atoms with Crippen molar-refractivity contribution >= 4 is 17.3 Å². The van der Waals surface area contributed by atoms with Crippen molar-refractivity contribution in [3.8, 4) is 0 Å². The molecule has 0 spiro atoms. The second-order valence-corrected chi connectivity index (χ2v) is 6.81. The number of methoxy groups -OCH3 is 1. The Kier molecular flexibility index (Phi) is 5.43. The highest BCUT2D eigenvalue weighted by Crippen LogP contribution is 2.22. The number of hydrogen-bond donors (Lipinski definition) is 0. The molecule has 1 aromatic rings. The first kappa shape index (κ1) is 16.0. The lowest BCUT2D eigenvalue weighted by atomic mass is 10.0. The normalized spacial score (nSPS) is 12.2. The van der Waals surface area contributed by atoms with Crippen LogP contribution in [0, 0.1) is 12.8 Å². The Morgan fingerprint density at radius 3 is 2.47 bits per heavy atom. The van der Waals surface area contributed by atoms with E-state index >= 15 is 0 Å². The molecule has 0 saturated heterocycles. The number of esters is 1. The summed E-state index contributed by atoms with van der Waals surface area (Å²) in [5.41, 5.74) is -0.668. The molecule has 5 nitrogen and oxygen atoms in total. The third-order valence-corrected chi connectivity index (χ3v) is 3.78. The van der Waals surface area contributed by atoms with Crippen LogP contribution in [0.3, 0.4) is 0 Å². The molecule has 1 heterocycles. The Labute approximate surface area is 119 Å². The summed E-state index contributed by atoms with van der Waals surface area (Å²) < 4.78 is 4.91. The van der Waals surface area contributed by atoms with Crippen LogP contribution in [0.15, 0.2) is 0 Å². The Morgan fingerprint density at radius 1 is 1.42 bits per heavy atom. The fraction of sp³-hybridized carbons (Fsp3) is 0.769. The van der Waals surface area contributed by atoms with Crippen molar-refractivity contribution < 1.29 is 9.53 Å². The van der Waals surface area contributed by atoms with Crippen LogP contribution in [0.25, 0.3) is 0 Å². The molecule has 0 unspecified atom stereocenters. The van der Waals surface area contributed by atoms with Crippen molar-refractivity contribution in [3.63, 3.8) is 0 Å². The summed E-state index contributed by atoms with van der Waals surface area (Å²) in [6.45, 7) is 11.4. The maximum absolute atomic E-state index is 12.0. The summed E-state index contributed by atoms with van der Waals surface area (Å²) in [6, 6.07) is 0. The number of rotatable bonds is 6. The Hall–Kier alpha value is -1.01. The molecule has 0 fully saturated rings. The third-order valence-electron chi connectivity index (χ3n) is 2.96. The number of aryl methyl sites for hydroxylation is 1. The molecule has 0 aliphatic carbocycles. The molecule has 0 saturated carbocycles. The molecular weight excluding hydrogens is 262 g/mol. The Balaban J connectivity index is 2.91. The zero-order valence-corrected chi connectivity index (χ0v) is 13.4. The van der Waals surface area contributed by atoms with E-state index in [0.717, 1.165) is 16.6 Å². The van der Waals surface area contributed by atoms with Crippen LogP contribution in [0.1, 0.15) is 37.7 Å². The molecule has 0 aromatic carbocycles. The van der Waals surface area contributed by atoms with Crippen molar-refractivity contribution in [2.24, 2.45) is 5.92 Å². The van der Waals surface area contributed by atoms with Gasteiger partial charge >= 0.3 is 5.97 Å². The van der Waals surface area contributed by atoms with Crippen LogP contribution < -0.4 is 0 Å². The largest absolute Gasteiger partial charge is 0.468 e. The van der Waals surface area contributed by atoms with E-state index in [0.29, 0.717) is 12.5 Å². The van der Waals surface area contributed by atoms with Gasteiger partial charge in [0.25, 0.3) is 0 Å². The van der Waals surface area contributed by atoms with Crippen LogP contribution in [-0.4, -0.2) is 40.3 Å². The first-order valence-corrected chi connectivity index (χ1v) is 7.21. The predicted octanol–water partition coefficient (Wildman–Crippen LogP) is 2.26. The molecule has 108 valence electrons. The molecule has 0 radical (unpaired) electrons. The second kappa shape index (κ2) is 6.43. The van der Waals surface area contributed by atoms with Crippen molar-refractivity contribution in [3.05, 3.63) is 10.0 Å². The first-order chi connectivity index (χ1) is 8.77. The van der Waals surface area contributed by atoms with E-state index < -0.39 is 5.54 Å². The zero-order valence-electron chi connectivity index (χ0n) is 12.6. The smallest absolute Gasteiger partial charge is 0.325 e. The highest BCUT2D eigenvalue weighted by molar-refractivity contribution is 7.11. The number of aromatic nitrogens is 2. The van der Waals surface area contributed by atoms with Crippen LogP contribution in [-0.2, 0) is 16.1 Å². The highest BCUT2D eigenvalue weighted by atomic mass is 32.1. The van der Waals surface area contributed by atoms with E-state index in [1.165, 1.54) is 7.11 Å². The number of ether oxygens (including phenoxy) is 1. The monoisotopic (exact) mass is 285 g/mol. The average molecular weight is 285 g/mol. The summed E-state index contributed by atoms with van der Waals surface area (Å²) in [5, 5.41) is 10.0. The second-order valence-electron chi connectivity index (χ2n) is 5.54. The van der Waals surface area contributed by atoms with Gasteiger partial charge in [-0.1, -0.05) is 13.8 Å². The molecule has 6 heteroatoms. The molecule has 0 bridgehead atoms. The molecular formula is C13H23N3O2S. The van der Waals surface area contributed by atoms with E-state index in [9.17, 15) is 4.79 Å². The standard InChI is InChI=1S/C13H23N3O2S/c1-9(2)7-16(13(4,5)12(17)18-6)8-11-15-14-10(3)19-11/h9H,7-8H2,1-6H3. The minimum Gasteiger partial charge on any atom is -0.468 e. The topological polar surface area (TPSA) is 55.3 Å². The number of carbonyl (C=O) groups excluding carboxylic acids is 1. The van der Waals surface area contributed by atoms with Crippen LogP contribution in [0.2, 0.25) is 0 Å². The minimum atomic E-state index is -0.668. The Morgan fingerprint density at radius 2 is 2.05 bits per heavy atom. The van der Waals surface area contributed by atoms with E-state index in [2.05, 4.69) is 28.9 Å². The van der Waals surface area contributed by atoms with Gasteiger partial charge in [0.1, 0.15) is 15.6 Å². The summed E-state index contributed by atoms with van der Waals surface area (Å²) in [6.07, 6.45) is 0. The van der Waals surface area contributed by atoms with Gasteiger partial charge in [-0.15, -0.1) is 21.5 Å². The van der Waals surface area contributed by atoms with Crippen LogP contribution in [0.4, 0.5) is 0 Å². The quantitative estimate of drug-likeness (QED) is 0.750. The summed E-state index contributed by atoms with van der Waals surface area (Å²) >= 11 is 1.56. The Bertz CT molecular complexity index is 429. The summed E-state index contributed by atoms with van der Waals surface area (Å²) in [5.74, 6) is 0.229. The number of hydrogen-bond acceptors (Lipinski definition) is 6. The van der Waals surface area contributed by atoms with Crippen molar-refractivity contribution in [2.45, 2.75) is 46.7 Å². The highest BCUT2D eigenvalue weighted by Gasteiger charge is 2.36. The third kappa shape index (κ3) is 4.24. The summed E-state index contributed by atoms with van der Waals surface area (Å²) in [7, 11) is 1.42. The van der Waals surface area contributed by atoms with E-state index in [1.807, 2.05) is 20.8 Å². The molecule has 19 heavy (non-hydrogen) atoms. The van der Waals surface area contributed by atoms with E-state index in [1.54, 1.807) is 11.3 Å². The van der Waals surface area contributed by atoms with Gasteiger partial charge in [-0.2, -0.15) is 0 Å². The van der Waals surface area contributed by atoms with Crippen LogP contribution in [0.5, 0.6) is 0 Å². The summed E-state index contributed by atoms with van der Waals surface area (Å²) in [4.78, 5) is 14.1. The maximum Gasteiger partial charge on any atom is 0.325 e.